The minimum absolute atomic E-state index is 0.187. The third-order valence-electron chi connectivity index (χ3n) is 4.78. The Labute approximate surface area is 220 Å². The summed E-state index contributed by atoms with van der Waals surface area (Å²) in [7, 11) is 0. The first-order valence-corrected chi connectivity index (χ1v) is 13.1. The number of alkyl halides is 1. The molecule has 2 rings (SSSR count). The number of carbonyl (C=O) groups excluding carboxylic acids is 1. The SMILES string of the molecule is CCCCCC(=O)O.CCCCCC(=O)OCC1CCC(n2ccc(NOI)nc2=O)O1.CCl. The number of carboxylic acids is 1. The summed E-state index contributed by atoms with van der Waals surface area (Å²) in [5.74, 6) is -0.539. The van der Waals surface area contributed by atoms with Crippen LogP contribution < -0.4 is 11.2 Å². The first-order chi connectivity index (χ1) is 16.4. The van der Waals surface area contributed by atoms with Crippen molar-refractivity contribution < 1.29 is 27.3 Å². The van der Waals surface area contributed by atoms with Gasteiger partial charge in [0.25, 0.3) is 0 Å². The molecule has 0 spiro atoms. The number of hydrogen-bond acceptors (Lipinski definition) is 8. The molecule has 2 unspecified atom stereocenters. The first kappa shape index (κ1) is 32.6. The second kappa shape index (κ2) is 20.9. The molecule has 2 N–H and O–H groups in total. The zero-order valence-corrected chi connectivity index (χ0v) is 23.0. The molecule has 0 aliphatic carbocycles. The third-order valence-corrected chi connectivity index (χ3v) is 5.00. The van der Waals surface area contributed by atoms with E-state index in [2.05, 4.69) is 39.1 Å². The van der Waals surface area contributed by atoms with Crippen molar-refractivity contribution >= 4 is 52.4 Å². The third kappa shape index (κ3) is 14.7. The van der Waals surface area contributed by atoms with Gasteiger partial charge >= 0.3 is 17.6 Å². The molecular weight excluding hydrogens is 581 g/mol. The van der Waals surface area contributed by atoms with E-state index < -0.39 is 11.7 Å². The number of carbonyl (C=O) groups is 2. The standard InChI is InChI=1S/C15H22IN3O5.C6H12O2.CH3Cl/c1-2-3-4-5-14(20)22-10-11-6-7-13(23-11)19-9-8-12(18-24-16)17-15(19)21;1-2-3-4-5-6(7)8;1-2/h8-9,11,13H,2-7,10H2,1H3,(H,17,18,21);2-5H2,1H3,(H,7,8);1H3. The van der Waals surface area contributed by atoms with Gasteiger partial charge < -0.3 is 14.6 Å². The lowest BCUT2D eigenvalue weighted by Crippen LogP contribution is -2.28. The molecule has 0 bridgehead atoms. The van der Waals surface area contributed by atoms with E-state index in [0.29, 0.717) is 25.1 Å². The highest BCUT2D eigenvalue weighted by molar-refractivity contribution is 14.1. The Hall–Kier alpha value is -1.44. The van der Waals surface area contributed by atoms with Crippen LogP contribution in [0.4, 0.5) is 5.82 Å². The lowest BCUT2D eigenvalue weighted by atomic mass is 10.2. The summed E-state index contributed by atoms with van der Waals surface area (Å²) in [4.78, 5) is 37.4. The number of esters is 1. The zero-order valence-electron chi connectivity index (χ0n) is 20.1. The second-order valence-corrected chi connectivity index (χ2v) is 7.90. The van der Waals surface area contributed by atoms with E-state index in [-0.39, 0.29) is 24.9 Å². The fourth-order valence-electron chi connectivity index (χ4n) is 3.05. The van der Waals surface area contributed by atoms with E-state index in [1.54, 1.807) is 35.3 Å². The number of aliphatic carboxylic acids is 1. The maximum Gasteiger partial charge on any atom is 0.351 e. The minimum Gasteiger partial charge on any atom is -0.481 e. The lowest BCUT2D eigenvalue weighted by molar-refractivity contribution is -0.148. The molecule has 1 aliphatic rings. The van der Waals surface area contributed by atoms with E-state index in [1.807, 2.05) is 0 Å². The molecule has 1 aromatic rings. The van der Waals surface area contributed by atoms with Crippen molar-refractivity contribution in [3.05, 3.63) is 22.7 Å². The molecule has 0 saturated carbocycles. The normalized spacial score (nSPS) is 16.5. The van der Waals surface area contributed by atoms with E-state index in [0.717, 1.165) is 44.9 Å². The zero-order chi connectivity index (χ0) is 25.8. The van der Waals surface area contributed by atoms with Crippen LogP contribution in [0.15, 0.2) is 17.1 Å². The number of hydrogen-bond donors (Lipinski definition) is 2. The molecule has 0 aromatic carbocycles. The van der Waals surface area contributed by atoms with Crippen LogP contribution in [0, 0.1) is 0 Å². The summed E-state index contributed by atoms with van der Waals surface area (Å²) in [5, 5.41) is 8.14. The predicted molar refractivity (Wildman–Crippen MR) is 139 cm³/mol. The van der Waals surface area contributed by atoms with E-state index in [9.17, 15) is 14.4 Å². The molecule has 0 radical (unpaired) electrons. The van der Waals surface area contributed by atoms with Crippen molar-refractivity contribution in [1.29, 1.82) is 0 Å². The minimum atomic E-state index is -0.682. The smallest absolute Gasteiger partial charge is 0.351 e. The van der Waals surface area contributed by atoms with Crippen LogP contribution in [-0.2, 0) is 22.2 Å². The van der Waals surface area contributed by atoms with Crippen molar-refractivity contribution in [2.75, 3.05) is 18.5 Å². The molecule has 2 heterocycles. The number of unbranched alkanes of at least 4 members (excludes halogenated alkanes) is 4. The number of aromatic nitrogens is 2. The van der Waals surface area contributed by atoms with Gasteiger partial charge in [-0.2, -0.15) is 4.98 Å². The largest absolute Gasteiger partial charge is 0.481 e. The number of ether oxygens (including phenoxy) is 2. The summed E-state index contributed by atoms with van der Waals surface area (Å²) < 4.78 is 17.2. The molecule has 12 heteroatoms. The molecule has 10 nitrogen and oxygen atoms in total. The first-order valence-electron chi connectivity index (χ1n) is 11.4. The number of nitrogens with zero attached hydrogens (tertiary/aromatic N) is 2. The molecular formula is C22H37ClIN3O7. The average molecular weight is 618 g/mol. The van der Waals surface area contributed by atoms with Crippen molar-refractivity contribution in [3.63, 3.8) is 0 Å². The Kier molecular flexibility index (Phi) is 20.0. The molecule has 2 atom stereocenters. The molecule has 1 aromatic heterocycles. The molecule has 1 saturated heterocycles. The average Bonchev–Trinajstić information content (AvgIpc) is 3.29. The topological polar surface area (TPSA) is 129 Å². The lowest BCUT2D eigenvalue weighted by Gasteiger charge is -2.16. The van der Waals surface area contributed by atoms with E-state index in [1.165, 1.54) is 11.0 Å². The van der Waals surface area contributed by atoms with Gasteiger partial charge in [-0.25, -0.2) is 13.4 Å². The van der Waals surface area contributed by atoms with E-state index >= 15 is 0 Å². The van der Waals surface area contributed by atoms with Crippen LogP contribution in [0.1, 0.15) is 84.3 Å². The van der Waals surface area contributed by atoms with Crippen molar-refractivity contribution in [2.45, 2.75) is 90.4 Å². The van der Waals surface area contributed by atoms with E-state index in [4.69, 9.17) is 14.6 Å². The molecule has 1 fully saturated rings. The highest BCUT2D eigenvalue weighted by atomic mass is 127. The number of anilines is 1. The van der Waals surface area contributed by atoms with Gasteiger partial charge in [0, 0.05) is 25.4 Å². The Morgan fingerprint density at radius 2 is 1.85 bits per heavy atom. The van der Waals surface area contributed by atoms with Crippen molar-refractivity contribution in [2.24, 2.45) is 0 Å². The van der Waals surface area contributed by atoms with Crippen molar-refractivity contribution in [1.82, 2.24) is 9.55 Å². The molecule has 0 amide bonds. The van der Waals surface area contributed by atoms with Gasteiger partial charge in [0.1, 0.15) is 35.8 Å². The van der Waals surface area contributed by atoms with Gasteiger partial charge in [0.2, 0.25) is 0 Å². The maximum atomic E-state index is 12.0. The summed E-state index contributed by atoms with van der Waals surface area (Å²) in [6.07, 6.45) is 10.6. The maximum absolute atomic E-state index is 12.0. The van der Waals surface area contributed by atoms with Gasteiger partial charge in [0.15, 0.2) is 5.82 Å². The van der Waals surface area contributed by atoms with Crippen LogP contribution in [0.3, 0.4) is 0 Å². The fourth-order valence-corrected chi connectivity index (χ4v) is 3.27. The highest BCUT2D eigenvalue weighted by Crippen LogP contribution is 2.27. The van der Waals surface area contributed by atoms with Crippen LogP contribution in [0.25, 0.3) is 0 Å². The highest BCUT2D eigenvalue weighted by Gasteiger charge is 2.28. The Balaban J connectivity index is 0.000000924. The molecule has 196 valence electrons. The van der Waals surface area contributed by atoms with Crippen molar-refractivity contribution in [3.8, 4) is 0 Å². The number of rotatable bonds is 13. The molecule has 34 heavy (non-hydrogen) atoms. The quantitative estimate of drug-likeness (QED) is 0.100. The summed E-state index contributed by atoms with van der Waals surface area (Å²) in [6.45, 7) is 4.37. The van der Waals surface area contributed by atoms with Gasteiger partial charge in [-0.3, -0.25) is 14.2 Å². The van der Waals surface area contributed by atoms with Crippen LogP contribution in [0.5, 0.6) is 0 Å². The Morgan fingerprint density at radius 1 is 1.21 bits per heavy atom. The summed E-state index contributed by atoms with van der Waals surface area (Å²) >= 11 is 6.29. The molecule has 1 aliphatic heterocycles. The Bertz CT molecular complexity index is 751. The monoisotopic (exact) mass is 617 g/mol. The van der Waals surface area contributed by atoms with Gasteiger partial charge in [-0.1, -0.05) is 39.5 Å². The number of halogens is 2. The number of carboxylic acid groups (broad SMARTS) is 1. The van der Waals surface area contributed by atoms with Crippen LogP contribution in [0.2, 0.25) is 0 Å². The summed E-state index contributed by atoms with van der Waals surface area (Å²) in [5.41, 5.74) is 2.07. The summed E-state index contributed by atoms with van der Waals surface area (Å²) in [6, 6.07) is 1.63. The number of nitrogens with one attached hydrogen (secondary N) is 1. The second-order valence-electron chi connectivity index (χ2n) is 7.46. The fraction of sp³-hybridized carbons (Fsp3) is 0.727. The van der Waals surface area contributed by atoms with Gasteiger partial charge in [-0.15, -0.1) is 11.6 Å². The predicted octanol–water partition coefficient (Wildman–Crippen LogP) is 5.24. The van der Waals surface area contributed by atoms with Crippen LogP contribution >= 0.6 is 34.6 Å². The van der Waals surface area contributed by atoms with Crippen LogP contribution in [-0.4, -0.2) is 45.7 Å². The van der Waals surface area contributed by atoms with Gasteiger partial charge in [0.05, 0.1) is 6.10 Å². The Morgan fingerprint density at radius 3 is 2.41 bits per heavy atom. The van der Waals surface area contributed by atoms with Gasteiger partial charge in [-0.05, 0) is 31.7 Å².